The number of amides is 3. The number of anilines is 1. The van der Waals surface area contributed by atoms with Crippen molar-refractivity contribution < 1.29 is 19.1 Å². The number of ether oxygens (including phenoxy) is 2. The summed E-state index contributed by atoms with van der Waals surface area (Å²) in [5.41, 5.74) is 2.47. The highest BCUT2D eigenvalue weighted by Crippen LogP contribution is 2.34. The summed E-state index contributed by atoms with van der Waals surface area (Å²) in [6, 6.07) is 13.4. The normalized spacial score (nSPS) is 17.0. The maximum Gasteiger partial charge on any atom is 0.321 e. The van der Waals surface area contributed by atoms with Gasteiger partial charge in [0, 0.05) is 36.8 Å². The molecule has 7 heteroatoms. The first kappa shape index (κ1) is 21.0. The highest BCUT2D eigenvalue weighted by molar-refractivity contribution is 5.90. The quantitative estimate of drug-likeness (QED) is 0.786. The topological polar surface area (TPSA) is 79.9 Å². The van der Waals surface area contributed by atoms with Crippen LogP contribution in [0.1, 0.15) is 30.9 Å². The van der Waals surface area contributed by atoms with E-state index >= 15 is 0 Å². The lowest BCUT2D eigenvalue weighted by Gasteiger charge is -2.38. The van der Waals surface area contributed by atoms with Gasteiger partial charge in [-0.2, -0.15) is 0 Å². The van der Waals surface area contributed by atoms with Crippen LogP contribution in [-0.4, -0.2) is 43.1 Å². The number of piperidine rings is 1. The number of aryl methyl sites for hydroxylation is 1. The number of fused-ring (bicyclic) bond motifs is 1. The maximum atomic E-state index is 12.8. The van der Waals surface area contributed by atoms with Gasteiger partial charge in [0.15, 0.2) is 11.5 Å². The Kier molecular flexibility index (Phi) is 6.02. The molecule has 0 aromatic heterocycles. The highest BCUT2D eigenvalue weighted by Gasteiger charge is 2.38. The van der Waals surface area contributed by atoms with Gasteiger partial charge in [0.1, 0.15) is 13.2 Å². The van der Waals surface area contributed by atoms with E-state index in [-0.39, 0.29) is 11.9 Å². The fraction of sp³-hybridized carbons (Fsp3) is 0.417. The van der Waals surface area contributed by atoms with E-state index < -0.39 is 5.41 Å². The van der Waals surface area contributed by atoms with Crippen LogP contribution in [0.3, 0.4) is 0 Å². The van der Waals surface area contributed by atoms with E-state index in [0.29, 0.717) is 62.9 Å². The number of nitrogens with zero attached hydrogens (tertiary/aromatic N) is 1. The van der Waals surface area contributed by atoms with Gasteiger partial charge in [-0.15, -0.1) is 0 Å². The first-order chi connectivity index (χ1) is 14.9. The summed E-state index contributed by atoms with van der Waals surface area (Å²) in [5.74, 6) is 1.37. The van der Waals surface area contributed by atoms with Gasteiger partial charge in [0.25, 0.3) is 0 Å². The Hall–Kier alpha value is -3.22. The third kappa shape index (κ3) is 4.93. The lowest BCUT2D eigenvalue weighted by atomic mass is 9.79. The van der Waals surface area contributed by atoms with Gasteiger partial charge in [-0.1, -0.05) is 36.8 Å². The molecule has 2 heterocycles. The first-order valence-corrected chi connectivity index (χ1v) is 10.7. The Labute approximate surface area is 182 Å². The number of carbonyl (C=O) groups excluding carboxylic acids is 2. The fourth-order valence-electron chi connectivity index (χ4n) is 3.86. The average molecular weight is 424 g/mol. The van der Waals surface area contributed by atoms with Crippen molar-refractivity contribution in [1.82, 2.24) is 10.2 Å². The molecule has 0 radical (unpaired) electrons. The van der Waals surface area contributed by atoms with E-state index in [1.54, 1.807) is 23.1 Å². The van der Waals surface area contributed by atoms with Gasteiger partial charge in [-0.25, -0.2) is 4.79 Å². The molecule has 0 saturated carbocycles. The van der Waals surface area contributed by atoms with Crippen molar-refractivity contribution in [2.45, 2.75) is 33.2 Å². The zero-order valence-electron chi connectivity index (χ0n) is 18.1. The lowest BCUT2D eigenvalue weighted by molar-refractivity contribution is -0.132. The largest absolute Gasteiger partial charge is 0.486 e. The molecule has 2 aromatic carbocycles. The number of nitrogens with one attached hydrogen (secondary N) is 2. The molecule has 31 heavy (non-hydrogen) atoms. The molecular formula is C24H29N3O4. The van der Waals surface area contributed by atoms with E-state index in [1.807, 2.05) is 38.1 Å². The van der Waals surface area contributed by atoms with E-state index in [2.05, 4.69) is 10.6 Å². The van der Waals surface area contributed by atoms with Gasteiger partial charge < -0.3 is 25.0 Å². The summed E-state index contributed by atoms with van der Waals surface area (Å²) in [7, 11) is 0. The molecule has 0 bridgehead atoms. The molecule has 1 saturated heterocycles. The number of hydrogen-bond donors (Lipinski definition) is 2. The van der Waals surface area contributed by atoms with Gasteiger partial charge in [-0.3, -0.25) is 4.79 Å². The minimum absolute atomic E-state index is 0.0416. The van der Waals surface area contributed by atoms with Crippen LogP contribution in [0.4, 0.5) is 10.5 Å². The van der Waals surface area contributed by atoms with Gasteiger partial charge in [0.05, 0.1) is 0 Å². The molecule has 7 nitrogen and oxygen atoms in total. The zero-order chi connectivity index (χ0) is 21.8. The minimum Gasteiger partial charge on any atom is -0.486 e. The summed E-state index contributed by atoms with van der Waals surface area (Å²) in [6.07, 6.45) is 1.25. The number of rotatable bonds is 4. The van der Waals surface area contributed by atoms with E-state index in [1.165, 1.54) is 5.56 Å². The molecule has 0 atom stereocenters. The summed E-state index contributed by atoms with van der Waals surface area (Å²) >= 11 is 0. The number of likely N-dealkylation sites (tertiary alicyclic amines) is 1. The van der Waals surface area contributed by atoms with Crippen LogP contribution in [0, 0.1) is 12.3 Å². The molecule has 3 amide bonds. The second-order valence-corrected chi connectivity index (χ2v) is 8.50. The molecule has 2 N–H and O–H groups in total. The summed E-state index contributed by atoms with van der Waals surface area (Å²) in [5, 5.41) is 5.98. The monoisotopic (exact) mass is 423 g/mol. The van der Waals surface area contributed by atoms with Crippen molar-refractivity contribution in [3.05, 3.63) is 53.6 Å². The summed E-state index contributed by atoms with van der Waals surface area (Å²) in [4.78, 5) is 27.3. The maximum absolute atomic E-state index is 12.8. The Balaban J connectivity index is 1.28. The summed E-state index contributed by atoms with van der Waals surface area (Å²) in [6.45, 7) is 6.64. The van der Waals surface area contributed by atoms with Crippen LogP contribution < -0.4 is 20.1 Å². The fourth-order valence-corrected chi connectivity index (χ4v) is 3.86. The molecule has 164 valence electrons. The molecule has 0 spiro atoms. The highest BCUT2D eigenvalue weighted by atomic mass is 16.6. The third-order valence-electron chi connectivity index (χ3n) is 6.07. The molecule has 1 fully saturated rings. The molecule has 0 aliphatic carbocycles. The predicted octanol–water partition coefficient (Wildman–Crippen LogP) is 3.72. The lowest BCUT2D eigenvalue weighted by Crippen LogP contribution is -2.49. The van der Waals surface area contributed by atoms with E-state index in [9.17, 15) is 9.59 Å². The smallest absolute Gasteiger partial charge is 0.321 e. The molecular weight excluding hydrogens is 394 g/mol. The number of hydrogen-bond acceptors (Lipinski definition) is 4. The molecule has 4 rings (SSSR count). The van der Waals surface area contributed by atoms with Crippen molar-refractivity contribution >= 4 is 17.6 Å². The summed E-state index contributed by atoms with van der Waals surface area (Å²) < 4.78 is 11.1. The average Bonchev–Trinajstić information content (AvgIpc) is 2.79. The predicted molar refractivity (Wildman–Crippen MR) is 118 cm³/mol. The van der Waals surface area contributed by atoms with Gasteiger partial charge >= 0.3 is 6.03 Å². The number of carbonyl (C=O) groups is 2. The SMILES string of the molecule is Cc1ccc(CNC(=O)C2(C)CCN(C(=O)Nc3ccc4c(c3)OCCO4)CC2)cc1. The Morgan fingerprint density at radius 1 is 1.00 bits per heavy atom. The van der Waals surface area contributed by atoms with E-state index in [0.717, 1.165) is 5.56 Å². The van der Waals surface area contributed by atoms with Crippen molar-refractivity contribution in [1.29, 1.82) is 0 Å². The van der Waals surface area contributed by atoms with Crippen LogP contribution >= 0.6 is 0 Å². The van der Waals surface area contributed by atoms with Gasteiger partial charge in [0.2, 0.25) is 5.91 Å². The number of benzene rings is 2. The Morgan fingerprint density at radius 3 is 2.39 bits per heavy atom. The van der Waals surface area contributed by atoms with Crippen LogP contribution in [0.15, 0.2) is 42.5 Å². The third-order valence-corrected chi connectivity index (χ3v) is 6.07. The second-order valence-electron chi connectivity index (χ2n) is 8.50. The second kappa shape index (κ2) is 8.88. The van der Waals surface area contributed by atoms with Crippen LogP contribution in [0.5, 0.6) is 11.5 Å². The van der Waals surface area contributed by atoms with Crippen molar-refractivity contribution in [2.24, 2.45) is 5.41 Å². The molecule has 0 unspecified atom stereocenters. The number of urea groups is 1. The van der Waals surface area contributed by atoms with Crippen molar-refractivity contribution in [3.63, 3.8) is 0 Å². The van der Waals surface area contributed by atoms with Crippen LogP contribution in [0.2, 0.25) is 0 Å². The molecule has 2 aromatic rings. The Bertz CT molecular complexity index is 950. The van der Waals surface area contributed by atoms with Crippen molar-refractivity contribution in [3.8, 4) is 11.5 Å². The van der Waals surface area contributed by atoms with Gasteiger partial charge in [-0.05, 0) is 37.5 Å². The molecule has 2 aliphatic rings. The van der Waals surface area contributed by atoms with Crippen LogP contribution in [-0.2, 0) is 11.3 Å². The van der Waals surface area contributed by atoms with E-state index in [4.69, 9.17) is 9.47 Å². The van der Waals surface area contributed by atoms with Crippen molar-refractivity contribution in [2.75, 3.05) is 31.6 Å². The molecule has 2 aliphatic heterocycles. The minimum atomic E-state index is -0.474. The first-order valence-electron chi connectivity index (χ1n) is 10.7. The Morgan fingerprint density at radius 2 is 1.68 bits per heavy atom. The van der Waals surface area contributed by atoms with Crippen LogP contribution in [0.25, 0.3) is 0 Å². The zero-order valence-corrected chi connectivity index (χ0v) is 18.1. The standard InChI is InChI=1S/C24H29N3O4/c1-17-3-5-18(6-4-17)16-25-22(28)24(2)9-11-27(12-10-24)23(29)26-19-7-8-20-21(15-19)31-14-13-30-20/h3-8,15H,9-14,16H2,1-2H3,(H,25,28)(H,26,29).